The van der Waals surface area contributed by atoms with Gasteiger partial charge in [-0.3, -0.25) is 4.57 Å². The Morgan fingerprint density at radius 2 is 1.67 bits per heavy atom. The quantitative estimate of drug-likeness (QED) is 0.662. The minimum Gasteiger partial charge on any atom is -0.394 e. The van der Waals surface area contributed by atoms with Gasteiger partial charge in [0.25, 0.3) is 0 Å². The van der Waals surface area contributed by atoms with Crippen molar-refractivity contribution in [3.8, 4) is 0 Å². The van der Waals surface area contributed by atoms with E-state index in [1.54, 1.807) is 0 Å². The van der Waals surface area contributed by atoms with Crippen molar-refractivity contribution in [1.29, 1.82) is 0 Å². The van der Waals surface area contributed by atoms with Crippen LogP contribution in [-0.4, -0.2) is 28.3 Å². The molecule has 0 aliphatic rings. The van der Waals surface area contributed by atoms with Crippen LogP contribution in [-0.2, 0) is 15.7 Å². The van der Waals surface area contributed by atoms with Gasteiger partial charge in [0.05, 0.1) is 19.8 Å². The van der Waals surface area contributed by atoms with Crippen molar-refractivity contribution in [2.24, 2.45) is 0 Å². The molecule has 0 saturated heterocycles. The Hall–Kier alpha value is -0.710. The van der Waals surface area contributed by atoms with Crippen LogP contribution in [0.3, 0.4) is 0 Å². The molecular formula is C9H15O5P. The summed E-state index contributed by atoms with van der Waals surface area (Å²) in [6, 6.07) is 9.27. The Morgan fingerprint density at radius 1 is 1.13 bits per heavy atom. The Kier molecular flexibility index (Phi) is 9.36. The maximum absolute atomic E-state index is 10.1. The lowest BCUT2D eigenvalue weighted by atomic mass is 10.2. The van der Waals surface area contributed by atoms with Gasteiger partial charge in [-0.05, 0) is 5.56 Å². The normalized spacial score (nSPS) is 11.4. The van der Waals surface area contributed by atoms with Crippen molar-refractivity contribution in [2.45, 2.75) is 6.61 Å². The first kappa shape index (κ1) is 14.3. The topological polar surface area (TPSA) is 87.0 Å². The molecule has 86 valence electrons. The van der Waals surface area contributed by atoms with Gasteiger partial charge in [0, 0.05) is 0 Å². The summed E-state index contributed by atoms with van der Waals surface area (Å²) < 4.78 is 14.7. The molecule has 0 saturated carbocycles. The molecule has 5 nitrogen and oxygen atoms in total. The summed E-state index contributed by atoms with van der Waals surface area (Å²) in [5.74, 6) is 0. The number of hydrogen-bond acceptors (Lipinski definition) is 4. The lowest BCUT2D eigenvalue weighted by molar-refractivity contribution is 0.186. The second kappa shape index (κ2) is 9.83. The van der Waals surface area contributed by atoms with Gasteiger partial charge in [0.15, 0.2) is 0 Å². The number of rotatable bonds is 4. The summed E-state index contributed by atoms with van der Waals surface area (Å²) in [6.45, 7) is -0.0465. The van der Waals surface area contributed by atoms with Crippen LogP contribution in [0.2, 0.25) is 0 Å². The van der Waals surface area contributed by atoms with Crippen LogP contribution in [0.15, 0.2) is 30.3 Å². The highest BCUT2D eigenvalue weighted by Crippen LogP contribution is 2.17. The minimum absolute atomic E-state index is 0.125. The summed E-state index contributed by atoms with van der Waals surface area (Å²) >= 11 is 0. The van der Waals surface area contributed by atoms with Gasteiger partial charge in [-0.1, -0.05) is 30.3 Å². The molecule has 1 rings (SSSR count). The van der Waals surface area contributed by atoms with Crippen molar-refractivity contribution >= 4 is 8.25 Å². The van der Waals surface area contributed by atoms with E-state index in [-0.39, 0.29) is 19.8 Å². The van der Waals surface area contributed by atoms with Gasteiger partial charge >= 0.3 is 8.25 Å². The molecule has 0 bridgehead atoms. The average molecular weight is 234 g/mol. The molecule has 0 radical (unpaired) electrons. The third kappa shape index (κ3) is 9.59. The number of aliphatic hydroxyl groups is 2. The van der Waals surface area contributed by atoms with E-state index in [1.807, 2.05) is 30.3 Å². The van der Waals surface area contributed by atoms with E-state index in [0.717, 1.165) is 5.56 Å². The van der Waals surface area contributed by atoms with E-state index in [0.29, 0.717) is 0 Å². The molecule has 0 heterocycles. The molecule has 0 aromatic heterocycles. The average Bonchev–Trinajstić information content (AvgIpc) is 2.28. The van der Waals surface area contributed by atoms with Crippen molar-refractivity contribution in [1.82, 2.24) is 0 Å². The van der Waals surface area contributed by atoms with Gasteiger partial charge in [0.2, 0.25) is 0 Å². The molecular weight excluding hydrogens is 219 g/mol. The highest BCUT2D eigenvalue weighted by atomic mass is 31.1. The van der Waals surface area contributed by atoms with E-state index in [4.69, 9.17) is 15.1 Å². The van der Waals surface area contributed by atoms with Crippen LogP contribution in [0, 0.1) is 0 Å². The lowest BCUT2D eigenvalue weighted by Crippen LogP contribution is -1.85. The first-order valence-corrected chi connectivity index (χ1v) is 5.58. The molecule has 1 atom stereocenters. The van der Waals surface area contributed by atoms with Crippen LogP contribution in [0.1, 0.15) is 5.56 Å². The van der Waals surface area contributed by atoms with E-state index in [1.165, 1.54) is 0 Å². The fourth-order valence-electron chi connectivity index (χ4n) is 0.719. The van der Waals surface area contributed by atoms with Crippen LogP contribution in [0.4, 0.5) is 0 Å². The fourth-order valence-corrected chi connectivity index (χ4v) is 1.01. The number of hydrogen-bond donors (Lipinski definition) is 3. The predicted molar refractivity (Wildman–Crippen MR) is 56.6 cm³/mol. The number of aliphatic hydroxyl groups excluding tert-OH is 2. The molecule has 1 aromatic rings. The van der Waals surface area contributed by atoms with Crippen molar-refractivity contribution in [3.05, 3.63) is 35.9 Å². The fraction of sp³-hybridized carbons (Fsp3) is 0.333. The van der Waals surface area contributed by atoms with Crippen molar-refractivity contribution in [2.75, 3.05) is 13.2 Å². The molecule has 1 aromatic carbocycles. The van der Waals surface area contributed by atoms with Crippen molar-refractivity contribution < 1.29 is 24.2 Å². The SMILES string of the molecule is O=[PH](O)OCc1ccccc1.OCCO. The molecule has 0 aliphatic carbocycles. The van der Waals surface area contributed by atoms with Crippen LogP contribution in [0.25, 0.3) is 0 Å². The van der Waals surface area contributed by atoms with Crippen LogP contribution in [0.5, 0.6) is 0 Å². The van der Waals surface area contributed by atoms with Gasteiger partial charge in [-0.15, -0.1) is 0 Å². The summed E-state index contributed by atoms with van der Waals surface area (Å²) in [5.41, 5.74) is 0.903. The summed E-state index contributed by atoms with van der Waals surface area (Å²) in [6.07, 6.45) is 0. The molecule has 6 heteroatoms. The first-order valence-electron chi connectivity index (χ1n) is 4.32. The van der Waals surface area contributed by atoms with Gasteiger partial charge in [-0.25, -0.2) is 0 Å². The predicted octanol–water partition coefficient (Wildman–Crippen LogP) is 0.556. The van der Waals surface area contributed by atoms with Gasteiger partial charge in [0.1, 0.15) is 0 Å². The Labute approximate surface area is 88.9 Å². The molecule has 1 unspecified atom stereocenters. The Morgan fingerprint density at radius 3 is 2.07 bits per heavy atom. The van der Waals surface area contributed by atoms with Crippen molar-refractivity contribution in [3.63, 3.8) is 0 Å². The van der Waals surface area contributed by atoms with Crippen LogP contribution >= 0.6 is 8.25 Å². The largest absolute Gasteiger partial charge is 0.394 e. The maximum atomic E-state index is 10.1. The maximum Gasteiger partial charge on any atom is 0.316 e. The third-order valence-corrected chi connectivity index (χ3v) is 1.70. The standard InChI is InChI=1S/C7H9O3P.C2H6O2/c8-11(9)10-6-7-4-2-1-3-5-7;3-1-2-4/h1-5,11H,6H2,(H,8,9);3-4H,1-2H2. The Bertz CT molecular complexity index is 262. The van der Waals surface area contributed by atoms with Gasteiger partial charge < -0.3 is 19.6 Å². The molecule has 0 aliphatic heterocycles. The zero-order chi connectivity index (χ0) is 11.5. The van der Waals surface area contributed by atoms with E-state index >= 15 is 0 Å². The number of benzene rings is 1. The van der Waals surface area contributed by atoms with E-state index in [2.05, 4.69) is 4.52 Å². The zero-order valence-electron chi connectivity index (χ0n) is 8.17. The summed E-state index contributed by atoms with van der Waals surface area (Å²) in [5, 5.41) is 15.2. The zero-order valence-corrected chi connectivity index (χ0v) is 9.17. The van der Waals surface area contributed by atoms with Gasteiger partial charge in [-0.2, -0.15) is 0 Å². The lowest BCUT2D eigenvalue weighted by Gasteiger charge is -1.98. The first-order chi connectivity index (χ1) is 7.20. The molecule has 0 amide bonds. The van der Waals surface area contributed by atoms with E-state index in [9.17, 15) is 4.57 Å². The second-order valence-corrected chi connectivity index (χ2v) is 3.31. The molecule has 0 spiro atoms. The minimum atomic E-state index is -2.78. The summed E-state index contributed by atoms with van der Waals surface area (Å²) in [7, 11) is -2.78. The summed E-state index contributed by atoms with van der Waals surface area (Å²) in [4.78, 5) is 8.34. The monoisotopic (exact) mass is 234 g/mol. The van der Waals surface area contributed by atoms with Crippen LogP contribution < -0.4 is 0 Å². The molecule has 0 fully saturated rings. The highest BCUT2D eigenvalue weighted by molar-refractivity contribution is 7.32. The smallest absolute Gasteiger partial charge is 0.316 e. The molecule has 15 heavy (non-hydrogen) atoms. The second-order valence-electron chi connectivity index (χ2n) is 2.49. The molecule has 3 N–H and O–H groups in total. The highest BCUT2D eigenvalue weighted by Gasteiger charge is 1.93. The Balaban J connectivity index is 0.000000423. The van der Waals surface area contributed by atoms with E-state index < -0.39 is 8.25 Å². The third-order valence-electron chi connectivity index (χ3n) is 1.31.